The maximum absolute atomic E-state index is 12.3. The molecule has 27 heavy (non-hydrogen) atoms. The Labute approximate surface area is 158 Å². The van der Waals surface area contributed by atoms with Crippen LogP contribution < -0.4 is 10.6 Å². The first kappa shape index (κ1) is 18.3. The van der Waals surface area contributed by atoms with Crippen LogP contribution in [-0.2, 0) is 4.79 Å². The topological polar surface area (TPSA) is 79.3 Å². The van der Waals surface area contributed by atoms with Crippen molar-refractivity contribution in [2.75, 3.05) is 24.7 Å². The highest BCUT2D eigenvalue weighted by Crippen LogP contribution is 2.31. The number of fused-ring (bicyclic) bond motifs is 1. The van der Waals surface area contributed by atoms with Crippen molar-refractivity contribution in [3.05, 3.63) is 60.3 Å². The van der Waals surface area contributed by atoms with Crippen molar-refractivity contribution in [2.45, 2.75) is 6.92 Å². The Balaban J connectivity index is 2.03. The molecule has 0 saturated carbocycles. The average Bonchev–Trinajstić information content (AvgIpc) is 2.71. The van der Waals surface area contributed by atoms with Crippen LogP contribution in [0.2, 0.25) is 0 Å². The molecule has 1 aromatic heterocycles. The lowest BCUT2D eigenvalue weighted by atomic mass is 10.0. The number of benzene rings is 2. The number of rotatable bonds is 5. The van der Waals surface area contributed by atoms with Gasteiger partial charge >= 0.3 is 0 Å². The van der Waals surface area contributed by atoms with Gasteiger partial charge in [0, 0.05) is 31.4 Å². The van der Waals surface area contributed by atoms with Crippen LogP contribution in [0.15, 0.2) is 65.3 Å². The van der Waals surface area contributed by atoms with E-state index in [1.54, 1.807) is 32.5 Å². The highest BCUT2D eigenvalue weighted by Gasteiger charge is 2.12. The largest absolute Gasteiger partial charge is 0.386 e. The molecule has 136 valence electrons. The number of aromatic nitrogens is 2. The zero-order valence-corrected chi connectivity index (χ0v) is 15.5. The summed E-state index contributed by atoms with van der Waals surface area (Å²) in [5.41, 5.74) is 4.91. The van der Waals surface area contributed by atoms with Gasteiger partial charge in [-0.25, -0.2) is 4.98 Å². The molecule has 1 amide bonds. The van der Waals surface area contributed by atoms with Crippen LogP contribution in [-0.4, -0.2) is 36.2 Å². The molecule has 3 aromatic rings. The number of anilines is 2. The first-order valence-electron chi connectivity index (χ1n) is 8.57. The van der Waals surface area contributed by atoms with Crippen molar-refractivity contribution in [2.24, 2.45) is 4.99 Å². The fraction of sp³-hybridized carbons (Fsp3) is 0.143. The van der Waals surface area contributed by atoms with Gasteiger partial charge in [-0.3, -0.25) is 14.8 Å². The second kappa shape index (κ2) is 8.23. The van der Waals surface area contributed by atoms with Crippen LogP contribution in [0.3, 0.4) is 0 Å². The number of nitrogens with one attached hydrogen (secondary N) is 2. The second-order valence-electron chi connectivity index (χ2n) is 5.94. The van der Waals surface area contributed by atoms with Crippen molar-refractivity contribution in [1.29, 1.82) is 0 Å². The molecule has 0 spiro atoms. The molecule has 6 heteroatoms. The number of amides is 1. The SMILES string of the molecule is CN=C/C=C(\C)C(=O)Nc1cnc2c(-c3ccccc3)ccc(NC)c2n1. The summed E-state index contributed by atoms with van der Waals surface area (Å²) in [6, 6.07) is 14.0. The molecule has 6 nitrogen and oxygen atoms in total. The van der Waals surface area contributed by atoms with Crippen LogP contribution in [0.4, 0.5) is 11.5 Å². The summed E-state index contributed by atoms with van der Waals surface area (Å²) < 4.78 is 0. The Hall–Kier alpha value is -3.54. The van der Waals surface area contributed by atoms with Gasteiger partial charge in [-0.15, -0.1) is 0 Å². The lowest BCUT2D eigenvalue weighted by Gasteiger charge is -2.12. The standard InChI is InChI=1S/C21H21N5O/c1-14(11-12-22-2)21(27)26-18-13-24-19-16(15-7-5-4-6-8-15)9-10-17(23-3)20(19)25-18/h4-13,23H,1-3H3,(H,25,26,27)/b14-11+,22-12?. The molecule has 2 N–H and O–H groups in total. The van der Waals surface area contributed by atoms with E-state index >= 15 is 0 Å². The monoisotopic (exact) mass is 359 g/mol. The lowest BCUT2D eigenvalue weighted by molar-refractivity contribution is -0.112. The van der Waals surface area contributed by atoms with Crippen LogP contribution in [0, 0.1) is 0 Å². The van der Waals surface area contributed by atoms with E-state index in [1.807, 2.05) is 49.5 Å². The summed E-state index contributed by atoms with van der Waals surface area (Å²) in [6.07, 6.45) is 4.80. The average molecular weight is 359 g/mol. The van der Waals surface area contributed by atoms with Gasteiger partial charge in [0.25, 0.3) is 5.91 Å². The molecule has 0 fully saturated rings. The van der Waals surface area contributed by atoms with Gasteiger partial charge in [0.2, 0.25) is 0 Å². The first-order valence-corrected chi connectivity index (χ1v) is 8.57. The molecule has 0 aliphatic heterocycles. The molecule has 0 radical (unpaired) electrons. The Bertz CT molecular complexity index is 1030. The summed E-state index contributed by atoms with van der Waals surface area (Å²) >= 11 is 0. The number of hydrogen-bond acceptors (Lipinski definition) is 5. The normalized spacial score (nSPS) is 11.7. The third-order valence-corrected chi connectivity index (χ3v) is 4.13. The molecule has 2 aromatic carbocycles. The van der Waals surface area contributed by atoms with E-state index in [9.17, 15) is 4.79 Å². The lowest BCUT2D eigenvalue weighted by Crippen LogP contribution is -2.14. The molecule has 0 atom stereocenters. The number of carbonyl (C=O) groups is 1. The van der Waals surface area contributed by atoms with E-state index in [0.29, 0.717) is 16.9 Å². The zero-order chi connectivity index (χ0) is 19.2. The summed E-state index contributed by atoms with van der Waals surface area (Å²) in [7, 11) is 3.49. The molecule has 1 heterocycles. The third kappa shape index (κ3) is 4.00. The highest BCUT2D eigenvalue weighted by molar-refractivity contribution is 6.06. The molecular formula is C21H21N5O. The fourth-order valence-corrected chi connectivity index (χ4v) is 2.69. The van der Waals surface area contributed by atoms with Gasteiger partial charge in [-0.1, -0.05) is 30.3 Å². The molecule has 0 saturated heterocycles. The second-order valence-corrected chi connectivity index (χ2v) is 5.94. The summed E-state index contributed by atoms with van der Waals surface area (Å²) in [5.74, 6) is 0.157. The minimum atomic E-state index is -0.242. The van der Waals surface area contributed by atoms with Gasteiger partial charge in [0.05, 0.1) is 17.4 Å². The van der Waals surface area contributed by atoms with Crippen molar-refractivity contribution in [1.82, 2.24) is 9.97 Å². The molecule has 3 rings (SSSR count). The van der Waals surface area contributed by atoms with Crippen molar-refractivity contribution < 1.29 is 4.79 Å². The van der Waals surface area contributed by atoms with Gasteiger partial charge in [0.1, 0.15) is 5.52 Å². The maximum atomic E-state index is 12.3. The first-order chi connectivity index (χ1) is 13.1. The predicted octanol–water partition coefficient (Wildman–Crippen LogP) is 3.92. The highest BCUT2D eigenvalue weighted by atomic mass is 16.1. The number of nitrogens with zero attached hydrogens (tertiary/aromatic N) is 3. The quantitative estimate of drug-likeness (QED) is 0.534. The number of allylic oxidation sites excluding steroid dienone is 1. The summed E-state index contributed by atoms with van der Waals surface area (Å²) in [4.78, 5) is 25.3. The molecular weight excluding hydrogens is 338 g/mol. The van der Waals surface area contributed by atoms with Gasteiger partial charge in [-0.05, 0) is 30.7 Å². The van der Waals surface area contributed by atoms with E-state index in [-0.39, 0.29) is 5.91 Å². The Kier molecular flexibility index (Phi) is 5.56. The van der Waals surface area contributed by atoms with Crippen LogP contribution in [0.5, 0.6) is 0 Å². The number of carbonyl (C=O) groups excluding carboxylic acids is 1. The van der Waals surface area contributed by atoms with E-state index < -0.39 is 0 Å². The predicted molar refractivity (Wildman–Crippen MR) is 111 cm³/mol. The van der Waals surface area contributed by atoms with Crippen molar-refractivity contribution in [3.63, 3.8) is 0 Å². The van der Waals surface area contributed by atoms with Crippen molar-refractivity contribution in [3.8, 4) is 11.1 Å². The van der Waals surface area contributed by atoms with Crippen molar-refractivity contribution >= 4 is 34.7 Å². The Morgan fingerprint density at radius 1 is 1.11 bits per heavy atom. The van der Waals surface area contributed by atoms with E-state index in [4.69, 9.17) is 0 Å². The molecule has 0 unspecified atom stereocenters. The Morgan fingerprint density at radius 3 is 2.59 bits per heavy atom. The van der Waals surface area contributed by atoms with Gasteiger partial charge in [-0.2, -0.15) is 0 Å². The number of aliphatic imine (C=N–C) groups is 1. The molecule has 0 aliphatic carbocycles. The summed E-state index contributed by atoms with van der Waals surface area (Å²) in [6.45, 7) is 1.72. The minimum Gasteiger partial charge on any atom is -0.386 e. The smallest absolute Gasteiger partial charge is 0.252 e. The maximum Gasteiger partial charge on any atom is 0.252 e. The zero-order valence-electron chi connectivity index (χ0n) is 15.5. The summed E-state index contributed by atoms with van der Waals surface area (Å²) in [5, 5.41) is 5.92. The third-order valence-electron chi connectivity index (χ3n) is 4.13. The number of hydrogen-bond donors (Lipinski definition) is 2. The van der Waals surface area contributed by atoms with E-state index in [0.717, 1.165) is 22.3 Å². The Morgan fingerprint density at radius 2 is 1.89 bits per heavy atom. The van der Waals surface area contributed by atoms with E-state index in [2.05, 4.69) is 25.6 Å². The van der Waals surface area contributed by atoms with Gasteiger partial charge < -0.3 is 10.6 Å². The van der Waals surface area contributed by atoms with Gasteiger partial charge in [0.15, 0.2) is 5.82 Å². The molecule has 0 bridgehead atoms. The van der Waals surface area contributed by atoms with Crippen LogP contribution in [0.25, 0.3) is 22.2 Å². The van der Waals surface area contributed by atoms with E-state index in [1.165, 1.54) is 0 Å². The van der Waals surface area contributed by atoms with Crippen LogP contribution >= 0.6 is 0 Å². The van der Waals surface area contributed by atoms with Crippen LogP contribution in [0.1, 0.15) is 6.92 Å². The fourth-order valence-electron chi connectivity index (χ4n) is 2.69. The minimum absolute atomic E-state index is 0.242. The molecule has 0 aliphatic rings.